The largest absolute Gasteiger partial charge is 0.372 e. The van der Waals surface area contributed by atoms with Gasteiger partial charge >= 0.3 is 0 Å². The third-order valence-electron chi connectivity index (χ3n) is 2.66. The Balaban J connectivity index is 1.96. The lowest BCUT2D eigenvalue weighted by atomic mass is 10.2. The molecule has 0 aliphatic heterocycles. The van der Waals surface area contributed by atoms with Gasteiger partial charge in [0.05, 0.1) is 22.6 Å². The van der Waals surface area contributed by atoms with Crippen LogP contribution < -0.4 is 0 Å². The van der Waals surface area contributed by atoms with Crippen molar-refractivity contribution in [3.8, 4) is 0 Å². The van der Waals surface area contributed by atoms with Crippen LogP contribution in [0.25, 0.3) is 0 Å². The normalized spacial score (nSPS) is 10.5. The molecule has 2 aromatic rings. The van der Waals surface area contributed by atoms with E-state index < -0.39 is 4.92 Å². The topological polar surface area (TPSA) is 52.4 Å². The minimum atomic E-state index is -0.424. The van der Waals surface area contributed by atoms with Gasteiger partial charge in [-0.3, -0.25) is 10.1 Å². The van der Waals surface area contributed by atoms with Gasteiger partial charge in [-0.25, -0.2) is 0 Å². The van der Waals surface area contributed by atoms with Gasteiger partial charge in [-0.1, -0.05) is 29.8 Å². The first-order valence-electron chi connectivity index (χ1n) is 5.81. The Kier molecular flexibility index (Phi) is 5.11. The third-order valence-corrected chi connectivity index (χ3v) is 3.58. The summed E-state index contributed by atoms with van der Waals surface area (Å²) in [6.45, 7) is 0.748. The Labute approximate surface area is 129 Å². The number of hydrogen-bond donors (Lipinski definition) is 0. The van der Waals surface area contributed by atoms with Crippen LogP contribution in [0.1, 0.15) is 11.1 Å². The number of ether oxygens (including phenoxy) is 1. The van der Waals surface area contributed by atoms with Crippen LogP contribution in [-0.4, -0.2) is 4.92 Å². The van der Waals surface area contributed by atoms with Crippen molar-refractivity contribution in [2.75, 3.05) is 0 Å². The quantitative estimate of drug-likeness (QED) is 0.575. The average molecular weight is 357 g/mol. The second kappa shape index (κ2) is 6.83. The molecule has 0 spiro atoms. The molecule has 0 bridgehead atoms. The second-order valence-corrected chi connectivity index (χ2v) is 5.45. The molecule has 2 rings (SSSR count). The predicted octanol–water partition coefficient (Wildman–Crippen LogP) is 4.73. The zero-order valence-corrected chi connectivity index (χ0v) is 12.7. The molecular weight excluding hydrogens is 346 g/mol. The van der Waals surface area contributed by atoms with Crippen LogP contribution in [0.3, 0.4) is 0 Å². The van der Waals surface area contributed by atoms with Gasteiger partial charge in [0.2, 0.25) is 0 Å². The highest BCUT2D eigenvalue weighted by atomic mass is 79.9. The molecule has 0 saturated heterocycles. The van der Waals surface area contributed by atoms with Crippen molar-refractivity contribution < 1.29 is 9.66 Å². The maximum absolute atomic E-state index is 10.8. The lowest BCUT2D eigenvalue weighted by molar-refractivity contribution is -0.385. The number of nitro groups is 1. The van der Waals surface area contributed by atoms with E-state index in [4.69, 9.17) is 16.3 Å². The van der Waals surface area contributed by atoms with Crippen molar-refractivity contribution in [1.29, 1.82) is 0 Å². The molecule has 4 nitrogen and oxygen atoms in total. The summed E-state index contributed by atoms with van der Waals surface area (Å²) in [5, 5.41) is 11.5. The van der Waals surface area contributed by atoms with E-state index >= 15 is 0 Å². The summed E-state index contributed by atoms with van der Waals surface area (Å²) in [6.07, 6.45) is 0. The van der Waals surface area contributed by atoms with Gasteiger partial charge in [0, 0.05) is 11.1 Å². The van der Waals surface area contributed by atoms with Gasteiger partial charge in [0.25, 0.3) is 5.69 Å². The molecule has 0 fully saturated rings. The molecule has 20 heavy (non-hydrogen) atoms. The van der Waals surface area contributed by atoms with Gasteiger partial charge in [0.1, 0.15) is 0 Å². The monoisotopic (exact) mass is 355 g/mol. The van der Waals surface area contributed by atoms with Crippen molar-refractivity contribution in [1.82, 2.24) is 0 Å². The number of nitrogens with zero attached hydrogens (tertiary/aromatic N) is 1. The first-order valence-corrected chi connectivity index (χ1v) is 6.98. The van der Waals surface area contributed by atoms with E-state index in [0.717, 1.165) is 11.1 Å². The molecule has 104 valence electrons. The summed E-state index contributed by atoms with van der Waals surface area (Å²) < 4.78 is 6.00. The Hall–Kier alpha value is -1.43. The number of nitro benzene ring substituents is 1. The Morgan fingerprint density at radius 1 is 1.10 bits per heavy atom. The van der Waals surface area contributed by atoms with E-state index in [2.05, 4.69) is 15.9 Å². The van der Waals surface area contributed by atoms with Gasteiger partial charge in [0.15, 0.2) is 0 Å². The minimum absolute atomic E-state index is 0.0394. The first kappa shape index (κ1) is 15.0. The summed E-state index contributed by atoms with van der Waals surface area (Å²) in [7, 11) is 0. The number of rotatable bonds is 5. The van der Waals surface area contributed by atoms with Crippen molar-refractivity contribution >= 4 is 33.2 Å². The van der Waals surface area contributed by atoms with E-state index in [-0.39, 0.29) is 5.69 Å². The molecule has 0 aliphatic rings. The van der Waals surface area contributed by atoms with Crippen molar-refractivity contribution in [2.24, 2.45) is 0 Å². The van der Waals surface area contributed by atoms with Crippen molar-refractivity contribution in [3.05, 3.63) is 73.2 Å². The smallest absolute Gasteiger partial charge is 0.283 e. The number of hydrogen-bond acceptors (Lipinski definition) is 3. The fraction of sp³-hybridized carbons (Fsp3) is 0.143. The fourth-order valence-electron chi connectivity index (χ4n) is 1.66. The van der Waals surface area contributed by atoms with E-state index in [0.29, 0.717) is 22.7 Å². The number of benzene rings is 2. The molecule has 0 amide bonds. The van der Waals surface area contributed by atoms with E-state index in [1.54, 1.807) is 24.3 Å². The summed E-state index contributed by atoms with van der Waals surface area (Å²) in [4.78, 5) is 10.4. The lowest BCUT2D eigenvalue weighted by Crippen LogP contribution is -1.96. The summed E-state index contributed by atoms with van der Waals surface area (Å²) >= 11 is 8.94. The van der Waals surface area contributed by atoms with Gasteiger partial charge in [-0.05, 0) is 45.3 Å². The zero-order valence-electron chi connectivity index (χ0n) is 10.4. The molecule has 2 aromatic carbocycles. The average Bonchev–Trinajstić information content (AvgIpc) is 2.42. The van der Waals surface area contributed by atoms with Gasteiger partial charge in [-0.2, -0.15) is 0 Å². The highest BCUT2D eigenvalue weighted by Crippen LogP contribution is 2.26. The molecule has 0 N–H and O–H groups in total. The summed E-state index contributed by atoms with van der Waals surface area (Å²) in [5.74, 6) is 0. The Morgan fingerprint density at radius 2 is 1.70 bits per heavy atom. The third kappa shape index (κ3) is 4.03. The number of halogens is 2. The zero-order chi connectivity index (χ0) is 14.5. The summed E-state index contributed by atoms with van der Waals surface area (Å²) in [6, 6.07) is 12.3. The maximum Gasteiger partial charge on any atom is 0.283 e. The highest BCUT2D eigenvalue weighted by molar-refractivity contribution is 9.10. The predicted molar refractivity (Wildman–Crippen MR) is 80.7 cm³/mol. The lowest BCUT2D eigenvalue weighted by Gasteiger charge is -2.05. The highest BCUT2D eigenvalue weighted by Gasteiger charge is 2.12. The van der Waals surface area contributed by atoms with Crippen LogP contribution in [0.2, 0.25) is 5.02 Å². The van der Waals surface area contributed by atoms with Crippen molar-refractivity contribution in [2.45, 2.75) is 13.2 Å². The van der Waals surface area contributed by atoms with Crippen LogP contribution in [0, 0.1) is 10.1 Å². The molecule has 0 unspecified atom stereocenters. The van der Waals surface area contributed by atoms with E-state index in [1.165, 1.54) is 6.07 Å². The molecule has 0 atom stereocenters. The Bertz CT molecular complexity index is 616. The van der Waals surface area contributed by atoms with Crippen LogP contribution in [0.15, 0.2) is 46.9 Å². The van der Waals surface area contributed by atoms with Crippen LogP contribution >= 0.6 is 27.5 Å². The SMILES string of the molecule is O=[N+]([O-])c1cc(COCc2ccc(Cl)cc2)ccc1Br. The standard InChI is InChI=1S/C14H11BrClNO3/c15-13-6-3-11(7-14(13)17(18)19)9-20-8-10-1-4-12(16)5-2-10/h1-7H,8-9H2. The fourth-order valence-corrected chi connectivity index (χ4v) is 2.17. The van der Waals surface area contributed by atoms with Crippen LogP contribution in [0.5, 0.6) is 0 Å². The molecule has 0 aromatic heterocycles. The molecular formula is C14H11BrClNO3. The molecule has 0 radical (unpaired) electrons. The molecule has 0 aliphatic carbocycles. The Morgan fingerprint density at radius 3 is 2.35 bits per heavy atom. The molecule has 0 saturated carbocycles. The van der Waals surface area contributed by atoms with Crippen LogP contribution in [0.4, 0.5) is 5.69 Å². The van der Waals surface area contributed by atoms with Crippen molar-refractivity contribution in [3.63, 3.8) is 0 Å². The van der Waals surface area contributed by atoms with Crippen LogP contribution in [-0.2, 0) is 18.0 Å². The van der Waals surface area contributed by atoms with Gasteiger partial charge in [-0.15, -0.1) is 0 Å². The summed E-state index contributed by atoms with van der Waals surface area (Å²) in [5.41, 5.74) is 1.80. The first-order chi connectivity index (χ1) is 9.56. The van der Waals surface area contributed by atoms with E-state index in [1.807, 2.05) is 12.1 Å². The maximum atomic E-state index is 10.8. The molecule has 6 heteroatoms. The van der Waals surface area contributed by atoms with Gasteiger partial charge < -0.3 is 4.74 Å². The minimum Gasteiger partial charge on any atom is -0.372 e. The molecule has 0 heterocycles. The van der Waals surface area contributed by atoms with E-state index in [9.17, 15) is 10.1 Å². The second-order valence-electron chi connectivity index (χ2n) is 4.16.